The highest BCUT2D eigenvalue weighted by Gasteiger charge is 2.46. The number of ketones is 1. The van der Waals surface area contributed by atoms with Gasteiger partial charge in [0.25, 0.3) is 0 Å². The number of methoxy groups -OCH3 is 2. The molecule has 1 aliphatic carbocycles. The lowest BCUT2D eigenvalue weighted by Crippen LogP contribution is -2.47. The minimum atomic E-state index is -0.338. The van der Waals surface area contributed by atoms with Crippen molar-refractivity contribution in [3.05, 3.63) is 52.6 Å². The van der Waals surface area contributed by atoms with Crippen molar-refractivity contribution in [2.45, 2.75) is 44.6 Å². The van der Waals surface area contributed by atoms with E-state index in [0.717, 1.165) is 37.7 Å². The number of rotatable bonds is 5. The minimum Gasteiger partial charge on any atom is -0.495 e. The van der Waals surface area contributed by atoms with Crippen molar-refractivity contribution in [3.8, 4) is 17.2 Å². The van der Waals surface area contributed by atoms with Crippen molar-refractivity contribution >= 4 is 12.1 Å². The Kier molecular flexibility index (Phi) is 5.07. The summed E-state index contributed by atoms with van der Waals surface area (Å²) in [5.74, 6) is 1.26. The van der Waals surface area contributed by atoms with Gasteiger partial charge in [0.2, 0.25) is 5.78 Å². The molecule has 0 spiro atoms. The summed E-state index contributed by atoms with van der Waals surface area (Å²) in [6, 6.07) is 9.00. The largest absolute Gasteiger partial charge is 0.495 e. The van der Waals surface area contributed by atoms with Crippen LogP contribution in [-0.4, -0.2) is 31.9 Å². The van der Waals surface area contributed by atoms with E-state index in [1.165, 1.54) is 14.2 Å². The van der Waals surface area contributed by atoms with Crippen molar-refractivity contribution in [1.82, 2.24) is 0 Å². The monoisotopic (exact) mass is 394 g/mol. The number of fused-ring (bicyclic) bond motifs is 2. The Morgan fingerprint density at radius 3 is 2.52 bits per heavy atom. The molecule has 5 heteroatoms. The van der Waals surface area contributed by atoms with Crippen LogP contribution in [0.5, 0.6) is 17.2 Å². The van der Waals surface area contributed by atoms with Gasteiger partial charge in [-0.1, -0.05) is 36.8 Å². The zero-order valence-electron chi connectivity index (χ0n) is 17.1. The van der Waals surface area contributed by atoms with Gasteiger partial charge in [0.05, 0.1) is 19.8 Å². The summed E-state index contributed by atoms with van der Waals surface area (Å²) in [4.78, 5) is 25.5. The van der Waals surface area contributed by atoms with Gasteiger partial charge in [-0.25, -0.2) is 0 Å². The Balaban J connectivity index is 1.99. The molecule has 1 aliphatic heterocycles. The van der Waals surface area contributed by atoms with E-state index in [4.69, 9.17) is 14.2 Å². The molecule has 5 nitrogen and oxygen atoms in total. The van der Waals surface area contributed by atoms with E-state index in [1.54, 1.807) is 12.1 Å². The molecule has 1 heterocycles. The van der Waals surface area contributed by atoms with Crippen LogP contribution in [0.2, 0.25) is 0 Å². The van der Waals surface area contributed by atoms with E-state index in [-0.39, 0.29) is 22.7 Å². The van der Waals surface area contributed by atoms with Gasteiger partial charge in [-0.3, -0.25) is 9.59 Å². The maximum absolute atomic E-state index is 13.5. The average Bonchev–Trinajstić information content (AvgIpc) is 2.75. The maximum atomic E-state index is 13.5. The molecule has 2 aromatic rings. The summed E-state index contributed by atoms with van der Waals surface area (Å²) >= 11 is 0. The molecule has 2 unspecified atom stereocenters. The van der Waals surface area contributed by atoms with Gasteiger partial charge < -0.3 is 14.2 Å². The van der Waals surface area contributed by atoms with Crippen LogP contribution >= 0.6 is 0 Å². The van der Waals surface area contributed by atoms with Crippen LogP contribution in [0.4, 0.5) is 0 Å². The van der Waals surface area contributed by atoms with Crippen LogP contribution < -0.4 is 14.2 Å². The van der Waals surface area contributed by atoms with E-state index in [1.807, 2.05) is 18.2 Å². The third-order valence-electron chi connectivity index (χ3n) is 6.41. The standard InChI is InChI=1S/C24H26O5/c1-24-12-8-7-11-16(24)13-17-21(27-2)18(14-25)22(28-3)19(23(17)29-24)20(26)15-9-5-4-6-10-15/h4-6,9-10,14,16H,7-8,11-13H2,1-3H3. The van der Waals surface area contributed by atoms with E-state index in [2.05, 4.69) is 6.92 Å². The Labute approximate surface area is 171 Å². The predicted octanol–water partition coefficient (Wildman–Crippen LogP) is 4.63. The Morgan fingerprint density at radius 2 is 1.86 bits per heavy atom. The number of hydrogen-bond donors (Lipinski definition) is 0. The second kappa shape index (κ2) is 7.54. The van der Waals surface area contributed by atoms with E-state index >= 15 is 0 Å². The number of ether oxygens (including phenoxy) is 3. The molecule has 29 heavy (non-hydrogen) atoms. The third-order valence-corrected chi connectivity index (χ3v) is 6.41. The first kappa shape index (κ1) is 19.5. The van der Waals surface area contributed by atoms with Gasteiger partial charge in [-0.15, -0.1) is 0 Å². The quantitative estimate of drug-likeness (QED) is 0.546. The van der Waals surface area contributed by atoms with Crippen LogP contribution in [0.1, 0.15) is 64.4 Å². The first-order valence-electron chi connectivity index (χ1n) is 10.1. The van der Waals surface area contributed by atoms with Crippen LogP contribution in [0.15, 0.2) is 30.3 Å². The van der Waals surface area contributed by atoms with Gasteiger partial charge >= 0.3 is 0 Å². The number of carbonyl (C=O) groups is 2. The Hall–Kier alpha value is -2.82. The molecule has 0 aromatic heterocycles. The smallest absolute Gasteiger partial charge is 0.200 e. The highest BCUT2D eigenvalue weighted by molar-refractivity contribution is 6.14. The zero-order valence-corrected chi connectivity index (χ0v) is 17.1. The third kappa shape index (κ3) is 3.09. The van der Waals surface area contributed by atoms with Crippen LogP contribution in [0.3, 0.4) is 0 Å². The summed E-state index contributed by atoms with van der Waals surface area (Å²) in [6.45, 7) is 2.13. The van der Waals surface area contributed by atoms with E-state index < -0.39 is 0 Å². The van der Waals surface area contributed by atoms with Gasteiger partial charge in [-0.05, 0) is 32.6 Å². The second-order valence-electron chi connectivity index (χ2n) is 8.04. The fraction of sp³-hybridized carbons (Fsp3) is 0.417. The molecule has 0 saturated heterocycles. The molecular formula is C24H26O5. The zero-order chi connectivity index (χ0) is 20.6. The highest BCUT2D eigenvalue weighted by Crippen LogP contribution is 2.52. The first-order valence-corrected chi connectivity index (χ1v) is 10.1. The normalized spacial score (nSPS) is 22.7. The Morgan fingerprint density at radius 1 is 1.14 bits per heavy atom. The summed E-state index contributed by atoms with van der Waals surface area (Å²) < 4.78 is 17.8. The van der Waals surface area contributed by atoms with Gasteiger partial charge in [0.15, 0.2) is 6.29 Å². The average molecular weight is 394 g/mol. The molecule has 2 aromatic carbocycles. The molecule has 4 rings (SSSR count). The van der Waals surface area contributed by atoms with Gasteiger partial charge in [0, 0.05) is 17.0 Å². The molecule has 2 atom stereocenters. The fourth-order valence-corrected chi connectivity index (χ4v) is 4.86. The number of aldehydes is 1. The molecule has 1 fully saturated rings. The molecular weight excluding hydrogens is 368 g/mol. The van der Waals surface area contributed by atoms with Crippen LogP contribution in [0, 0.1) is 5.92 Å². The van der Waals surface area contributed by atoms with Crippen molar-refractivity contribution in [1.29, 1.82) is 0 Å². The molecule has 0 amide bonds. The van der Waals surface area contributed by atoms with Crippen LogP contribution in [0.25, 0.3) is 0 Å². The summed E-state index contributed by atoms with van der Waals surface area (Å²) in [6.07, 6.45) is 5.68. The second-order valence-corrected chi connectivity index (χ2v) is 8.04. The molecule has 1 saturated carbocycles. The topological polar surface area (TPSA) is 61.8 Å². The molecule has 152 valence electrons. The fourth-order valence-electron chi connectivity index (χ4n) is 4.86. The lowest BCUT2D eigenvalue weighted by molar-refractivity contribution is -0.0227. The summed E-state index contributed by atoms with van der Waals surface area (Å²) in [7, 11) is 3.00. The maximum Gasteiger partial charge on any atom is 0.200 e. The lowest BCUT2D eigenvalue weighted by Gasteiger charge is -2.46. The Bertz CT molecular complexity index is 950. The summed E-state index contributed by atoms with van der Waals surface area (Å²) in [5.41, 5.74) is 1.54. The highest BCUT2D eigenvalue weighted by atomic mass is 16.5. The molecule has 0 radical (unpaired) electrons. The molecule has 2 aliphatic rings. The summed E-state index contributed by atoms with van der Waals surface area (Å²) in [5, 5.41) is 0. The van der Waals surface area contributed by atoms with Crippen molar-refractivity contribution in [2.24, 2.45) is 5.92 Å². The van der Waals surface area contributed by atoms with Crippen molar-refractivity contribution < 1.29 is 23.8 Å². The number of carbonyl (C=O) groups excluding carboxylic acids is 2. The first-order chi connectivity index (χ1) is 14.0. The number of benzene rings is 2. The minimum absolute atomic E-state index is 0.210. The number of hydrogen-bond acceptors (Lipinski definition) is 5. The van der Waals surface area contributed by atoms with Gasteiger partial charge in [0.1, 0.15) is 28.4 Å². The van der Waals surface area contributed by atoms with Crippen molar-refractivity contribution in [2.75, 3.05) is 14.2 Å². The van der Waals surface area contributed by atoms with E-state index in [0.29, 0.717) is 34.8 Å². The SMILES string of the molecule is COc1c(C=O)c(OC)c(C(=O)c2ccccc2)c2c1CC1CCCCC1(C)O2. The van der Waals surface area contributed by atoms with Crippen molar-refractivity contribution in [3.63, 3.8) is 0 Å². The lowest BCUT2D eigenvalue weighted by atomic mass is 9.71. The van der Waals surface area contributed by atoms with Crippen LogP contribution in [-0.2, 0) is 6.42 Å². The molecule has 0 bridgehead atoms. The van der Waals surface area contributed by atoms with E-state index in [9.17, 15) is 9.59 Å². The molecule has 0 N–H and O–H groups in total. The van der Waals surface area contributed by atoms with Gasteiger partial charge in [-0.2, -0.15) is 0 Å². The predicted molar refractivity (Wildman–Crippen MR) is 110 cm³/mol.